The molecule has 0 radical (unpaired) electrons. The second-order valence-electron chi connectivity index (χ2n) is 13.3. The first kappa shape index (κ1) is 48.2. The smallest absolute Gasteiger partial charge is 0.213 e. The van der Waals surface area contributed by atoms with Crippen molar-refractivity contribution in [1.82, 2.24) is 14.2 Å². The minimum Gasteiger partial charge on any atom is -0.213 e. The second-order valence-corrected chi connectivity index (χ2v) is 20.4. The molecule has 0 aliphatic heterocycles. The Kier molecular flexibility index (Phi) is 28.7. The normalized spacial score (nSPS) is 12.4. The van der Waals surface area contributed by atoms with Crippen LogP contribution in [0.5, 0.6) is 0 Å². The molecule has 0 unspecified atom stereocenters. The van der Waals surface area contributed by atoms with Gasteiger partial charge in [0.15, 0.2) is 0 Å². The molecule has 290 valence electrons. The largest absolute Gasteiger partial charge is 0.310 e. The van der Waals surface area contributed by atoms with Crippen LogP contribution in [0.2, 0.25) is 0 Å². The van der Waals surface area contributed by atoms with E-state index in [1.165, 1.54) is 0 Å². The molecule has 0 spiro atoms. The highest BCUT2D eigenvalue weighted by Crippen LogP contribution is 2.29. The van der Waals surface area contributed by atoms with E-state index < -0.39 is 33.5 Å². The molecule has 0 atom stereocenters. The Morgan fingerprint density at radius 1 is 0.360 bits per heavy atom. The molecular weight excluding hydrogens is 697 g/mol. The molecule has 0 aromatic rings. The van der Waals surface area contributed by atoms with Crippen LogP contribution in [-0.4, -0.2) is 48.3 Å². The summed E-state index contributed by atoms with van der Waals surface area (Å²) in [5.74, 6) is 0. The highest BCUT2D eigenvalue weighted by atomic mass is 32.3. The zero-order chi connectivity index (χ0) is 37.5. The highest BCUT2D eigenvalue weighted by Gasteiger charge is 2.61. The van der Waals surface area contributed by atoms with Crippen LogP contribution in [0.3, 0.4) is 0 Å². The summed E-state index contributed by atoms with van der Waals surface area (Å²) < 4.78 is 85.3. The van der Waals surface area contributed by atoms with Gasteiger partial charge in [0.1, 0.15) is 0 Å². The second kappa shape index (κ2) is 29.7. The summed E-state index contributed by atoms with van der Waals surface area (Å²) >= 11 is 0. The van der Waals surface area contributed by atoms with Crippen molar-refractivity contribution in [3.63, 3.8) is 0 Å². The molecule has 0 saturated heterocycles. The third-order valence-electron chi connectivity index (χ3n) is 8.99. The number of hydrogen-bond acceptors (Lipinski definition) is 9. The highest BCUT2D eigenvalue weighted by molar-refractivity contribution is 8.24. The monoisotopic (exact) mass is 762 g/mol. The number of rotatable bonds is 36. The number of nitriles is 3. The van der Waals surface area contributed by atoms with Gasteiger partial charge in [0, 0.05) is 38.9 Å². The Morgan fingerprint density at radius 3 is 0.740 bits per heavy atom. The van der Waals surface area contributed by atoms with E-state index in [1.807, 2.05) is 0 Å². The van der Waals surface area contributed by atoms with E-state index in [0.717, 1.165) is 122 Å². The topological polar surface area (TPSA) is 210 Å². The molecule has 50 heavy (non-hydrogen) atoms. The molecule has 0 saturated carbocycles. The molecule has 0 bridgehead atoms. The Labute approximate surface area is 305 Å². The molecule has 3 N–H and O–H groups in total. The first-order valence-corrected chi connectivity index (χ1v) is 23.5. The lowest BCUT2D eigenvalue weighted by Gasteiger charge is -2.29. The van der Waals surface area contributed by atoms with Crippen LogP contribution in [0.1, 0.15) is 180 Å². The van der Waals surface area contributed by atoms with Crippen molar-refractivity contribution in [2.75, 3.05) is 19.6 Å². The third-order valence-corrected chi connectivity index (χ3v) is 17.6. The van der Waals surface area contributed by atoms with Gasteiger partial charge < -0.3 is 0 Å². The van der Waals surface area contributed by atoms with Crippen LogP contribution in [0.15, 0.2) is 0 Å². The van der Waals surface area contributed by atoms with Gasteiger partial charge in [-0.05, 0) is 45.4 Å². The quantitative estimate of drug-likeness (QED) is 0.0538. The van der Waals surface area contributed by atoms with E-state index in [9.17, 15) is 25.3 Å². The number of sulfonamides is 3. The van der Waals surface area contributed by atoms with Gasteiger partial charge in [0.05, 0.1) is 18.2 Å². The predicted octanol–water partition coefficient (Wildman–Crippen LogP) is 7.52. The fraction of sp³-hybridized carbons (Fsp3) is 0.914. The van der Waals surface area contributed by atoms with Gasteiger partial charge in [-0.2, -0.15) is 15.8 Å². The maximum atomic E-state index is 13.6. The van der Waals surface area contributed by atoms with E-state index in [0.29, 0.717) is 57.8 Å². The van der Waals surface area contributed by atoms with Gasteiger partial charge in [-0.1, -0.05) is 116 Å². The molecule has 0 aromatic heterocycles. The van der Waals surface area contributed by atoms with Crippen LogP contribution >= 0.6 is 0 Å². The summed E-state index contributed by atoms with van der Waals surface area (Å²) in [5, 5.41) is 25.8. The van der Waals surface area contributed by atoms with Crippen molar-refractivity contribution in [3.8, 4) is 18.2 Å². The van der Waals surface area contributed by atoms with Crippen molar-refractivity contribution in [1.29, 1.82) is 15.8 Å². The van der Waals surface area contributed by atoms with Crippen LogP contribution < -0.4 is 14.2 Å². The van der Waals surface area contributed by atoms with E-state index >= 15 is 0 Å². The summed E-state index contributed by atoms with van der Waals surface area (Å²) in [5.41, 5.74) is 0. The molecule has 0 amide bonds. The molecular formula is C35H66N6O6S3. The maximum Gasteiger partial charge on any atom is 0.310 e. The van der Waals surface area contributed by atoms with Gasteiger partial charge in [-0.3, -0.25) is 0 Å². The minimum atomic E-state index is -4.89. The van der Waals surface area contributed by atoms with Gasteiger partial charge in [-0.15, -0.1) is 0 Å². The zero-order valence-electron chi connectivity index (χ0n) is 30.7. The Balaban J connectivity index is 5.14. The van der Waals surface area contributed by atoms with Crippen molar-refractivity contribution in [2.45, 2.75) is 184 Å². The van der Waals surface area contributed by atoms with Crippen LogP contribution in [-0.2, 0) is 30.1 Å². The zero-order valence-corrected chi connectivity index (χ0v) is 33.2. The van der Waals surface area contributed by atoms with Crippen molar-refractivity contribution in [2.24, 2.45) is 0 Å². The summed E-state index contributed by atoms with van der Waals surface area (Å²) in [7, 11) is -14.7. The van der Waals surface area contributed by atoms with Crippen LogP contribution in [0.25, 0.3) is 0 Å². The van der Waals surface area contributed by atoms with Crippen molar-refractivity contribution in [3.05, 3.63) is 0 Å². The van der Waals surface area contributed by atoms with Crippen LogP contribution in [0, 0.1) is 34.0 Å². The lowest BCUT2D eigenvalue weighted by Crippen LogP contribution is -2.62. The maximum absolute atomic E-state index is 13.6. The van der Waals surface area contributed by atoms with Gasteiger partial charge in [0.2, 0.25) is 30.1 Å². The SMILES string of the molecule is CC(S(=O)(=O)NCCCCCCCCCCC#N)(S(=O)(=O)NCCCCCCCCCCC#N)S(=O)(=O)NCCCCCCCCCCC#N. The molecule has 15 heteroatoms. The average Bonchev–Trinajstić information content (AvgIpc) is 3.07. The van der Waals surface area contributed by atoms with E-state index in [-0.39, 0.29) is 19.6 Å². The predicted molar refractivity (Wildman–Crippen MR) is 201 cm³/mol. The standard InChI is InChI=1S/C35H66N6O6S3/c1-35(48(42,43)39-32-26-20-14-8-2-5-11-17-23-29-36,49(44,45)40-33-27-21-15-9-3-6-12-18-24-30-37)50(46,47)41-34-28-22-16-10-4-7-13-19-25-31-38/h39-41H,2-28,32-34H2,1H3. The third kappa shape index (κ3) is 20.9. The lowest BCUT2D eigenvalue weighted by molar-refractivity contribution is 0.526. The molecule has 0 aliphatic rings. The first-order chi connectivity index (χ1) is 23.9. The summed E-state index contributed by atoms with van der Waals surface area (Å²) in [6.45, 7) is 0.541. The van der Waals surface area contributed by atoms with Crippen molar-refractivity contribution >= 4 is 30.1 Å². The van der Waals surface area contributed by atoms with E-state index in [1.54, 1.807) is 0 Å². The van der Waals surface area contributed by atoms with Crippen molar-refractivity contribution < 1.29 is 25.3 Å². The summed E-state index contributed by atoms with van der Waals surface area (Å²) in [4.78, 5) is 0. The Bertz CT molecular complexity index is 1160. The van der Waals surface area contributed by atoms with Gasteiger partial charge >= 0.3 is 3.41 Å². The Hall–Kier alpha value is -1.80. The molecule has 0 rings (SSSR count). The first-order valence-electron chi connectivity index (χ1n) is 19.0. The van der Waals surface area contributed by atoms with Gasteiger partial charge in [0.25, 0.3) is 0 Å². The van der Waals surface area contributed by atoms with E-state index in [2.05, 4.69) is 32.4 Å². The minimum absolute atomic E-state index is 0.0713. The molecule has 0 aliphatic carbocycles. The fourth-order valence-corrected chi connectivity index (χ4v) is 12.2. The molecule has 0 heterocycles. The lowest BCUT2D eigenvalue weighted by atomic mass is 10.1. The molecule has 0 fully saturated rings. The van der Waals surface area contributed by atoms with E-state index in [4.69, 9.17) is 15.8 Å². The number of unbranched alkanes of at least 4 members (excludes halogenated alkanes) is 24. The summed E-state index contributed by atoms with van der Waals surface area (Å²) in [6, 6.07) is 6.41. The number of hydrogen-bond donors (Lipinski definition) is 3. The van der Waals surface area contributed by atoms with Gasteiger partial charge in [-0.25, -0.2) is 39.4 Å². The van der Waals surface area contributed by atoms with Crippen LogP contribution in [0.4, 0.5) is 0 Å². The number of nitrogens with zero attached hydrogens (tertiary/aromatic N) is 3. The fourth-order valence-electron chi connectivity index (χ4n) is 5.62. The summed E-state index contributed by atoms with van der Waals surface area (Å²) in [6.07, 6.45) is 22.6. The molecule has 0 aromatic carbocycles. The average molecular weight is 763 g/mol. The Morgan fingerprint density at radius 2 is 0.540 bits per heavy atom. The molecule has 12 nitrogen and oxygen atoms in total. The number of nitrogens with one attached hydrogen (secondary N) is 3.